The minimum Gasteiger partial charge on any atom is -0.481 e. The summed E-state index contributed by atoms with van der Waals surface area (Å²) in [6, 6.07) is 5.69. The van der Waals surface area contributed by atoms with Gasteiger partial charge in [0.2, 0.25) is 6.79 Å². The van der Waals surface area contributed by atoms with Crippen LogP contribution in [0.5, 0.6) is 11.5 Å². The lowest BCUT2D eigenvalue weighted by Gasteiger charge is -2.06. The molecule has 1 aromatic heterocycles. The molecule has 0 saturated carbocycles. The van der Waals surface area contributed by atoms with Crippen LogP contribution in [0.4, 0.5) is 0 Å². The van der Waals surface area contributed by atoms with Gasteiger partial charge in [0.25, 0.3) is 0 Å². The Balaban J connectivity index is 2.03. The van der Waals surface area contributed by atoms with Gasteiger partial charge in [-0.2, -0.15) is 0 Å². The van der Waals surface area contributed by atoms with Crippen LogP contribution in [0.1, 0.15) is 5.56 Å². The SMILES string of the molecule is Cc1cc2cc3c(cc2nc1SCC(=O)O)OCO3. The molecule has 0 unspecified atom stereocenters. The highest BCUT2D eigenvalue weighted by Gasteiger charge is 2.16. The predicted octanol–water partition coefficient (Wildman–Crippen LogP) is 2.45. The van der Waals surface area contributed by atoms with Gasteiger partial charge in [0.15, 0.2) is 11.5 Å². The van der Waals surface area contributed by atoms with E-state index in [9.17, 15) is 4.79 Å². The highest BCUT2D eigenvalue weighted by atomic mass is 32.2. The van der Waals surface area contributed by atoms with Gasteiger partial charge in [-0.25, -0.2) is 4.98 Å². The van der Waals surface area contributed by atoms with Crippen LogP contribution in [0.25, 0.3) is 10.9 Å². The molecule has 5 nitrogen and oxygen atoms in total. The average molecular weight is 277 g/mol. The fraction of sp³-hybridized carbons (Fsp3) is 0.231. The first-order valence-corrected chi connectivity index (χ1v) is 6.67. The molecule has 0 bridgehead atoms. The van der Waals surface area contributed by atoms with Crippen LogP contribution in [0.3, 0.4) is 0 Å². The van der Waals surface area contributed by atoms with E-state index < -0.39 is 5.97 Å². The standard InChI is InChI=1S/C13H11NO4S/c1-7-2-8-3-10-11(18-6-17-10)4-9(8)14-13(7)19-5-12(15)16/h2-4H,5-6H2,1H3,(H,15,16). The monoisotopic (exact) mass is 277 g/mol. The third kappa shape index (κ3) is 2.31. The van der Waals surface area contributed by atoms with Gasteiger partial charge in [-0.15, -0.1) is 0 Å². The number of carboxylic acids is 1. The molecule has 0 atom stereocenters. The van der Waals surface area contributed by atoms with Gasteiger partial charge in [-0.1, -0.05) is 11.8 Å². The summed E-state index contributed by atoms with van der Waals surface area (Å²) in [5.74, 6) is 0.554. The number of aryl methyl sites for hydroxylation is 1. The van der Waals surface area contributed by atoms with Crippen molar-refractivity contribution < 1.29 is 19.4 Å². The van der Waals surface area contributed by atoms with E-state index in [1.165, 1.54) is 11.8 Å². The van der Waals surface area contributed by atoms with E-state index >= 15 is 0 Å². The number of benzene rings is 1. The third-order valence-corrected chi connectivity index (χ3v) is 3.86. The van der Waals surface area contributed by atoms with Crippen LogP contribution >= 0.6 is 11.8 Å². The summed E-state index contributed by atoms with van der Waals surface area (Å²) in [5.41, 5.74) is 1.74. The highest BCUT2D eigenvalue weighted by molar-refractivity contribution is 7.99. The van der Waals surface area contributed by atoms with Crippen molar-refractivity contribution in [3.8, 4) is 11.5 Å². The molecule has 0 saturated heterocycles. The molecule has 0 radical (unpaired) electrons. The largest absolute Gasteiger partial charge is 0.481 e. The topological polar surface area (TPSA) is 68.7 Å². The second-order valence-corrected chi connectivity index (χ2v) is 5.16. The van der Waals surface area contributed by atoms with Gasteiger partial charge in [0.1, 0.15) is 5.03 Å². The number of fused-ring (bicyclic) bond motifs is 2. The molecular weight excluding hydrogens is 266 g/mol. The lowest BCUT2D eigenvalue weighted by atomic mass is 10.1. The first kappa shape index (κ1) is 12.1. The highest BCUT2D eigenvalue weighted by Crippen LogP contribution is 2.36. The molecule has 2 aromatic rings. The van der Waals surface area contributed by atoms with Crippen LogP contribution in [0.15, 0.2) is 23.2 Å². The summed E-state index contributed by atoms with van der Waals surface area (Å²) in [5, 5.41) is 10.4. The number of nitrogens with zero attached hydrogens (tertiary/aromatic N) is 1. The average Bonchev–Trinajstić information content (AvgIpc) is 2.80. The van der Waals surface area contributed by atoms with Crippen LogP contribution in [0.2, 0.25) is 0 Å². The Labute approximate surface area is 113 Å². The molecule has 2 heterocycles. The summed E-state index contributed by atoms with van der Waals surface area (Å²) in [7, 11) is 0. The van der Waals surface area contributed by atoms with Crippen molar-refractivity contribution in [1.82, 2.24) is 4.98 Å². The molecule has 0 fully saturated rings. The van der Waals surface area contributed by atoms with Gasteiger partial charge in [0, 0.05) is 11.5 Å². The van der Waals surface area contributed by atoms with E-state index in [-0.39, 0.29) is 12.5 Å². The number of hydrogen-bond acceptors (Lipinski definition) is 5. The normalized spacial score (nSPS) is 12.9. The van der Waals surface area contributed by atoms with Gasteiger partial charge in [-0.05, 0) is 24.6 Å². The van der Waals surface area contributed by atoms with Crippen molar-refractivity contribution in [2.45, 2.75) is 11.9 Å². The second kappa shape index (κ2) is 4.62. The minimum absolute atomic E-state index is 0.00387. The number of pyridine rings is 1. The summed E-state index contributed by atoms with van der Waals surface area (Å²) in [6.45, 7) is 2.15. The third-order valence-electron chi connectivity index (χ3n) is 2.79. The maximum atomic E-state index is 10.6. The van der Waals surface area contributed by atoms with Crippen LogP contribution < -0.4 is 9.47 Å². The van der Waals surface area contributed by atoms with Crippen molar-refractivity contribution in [1.29, 1.82) is 0 Å². The van der Waals surface area contributed by atoms with Crippen molar-refractivity contribution >= 4 is 28.6 Å². The Morgan fingerprint density at radius 1 is 1.37 bits per heavy atom. The minimum atomic E-state index is -0.850. The van der Waals surface area contributed by atoms with Crippen LogP contribution in [-0.2, 0) is 4.79 Å². The van der Waals surface area contributed by atoms with Gasteiger partial charge < -0.3 is 14.6 Å². The molecule has 0 amide bonds. The Kier molecular flexibility index (Phi) is 2.94. The molecule has 19 heavy (non-hydrogen) atoms. The number of hydrogen-bond donors (Lipinski definition) is 1. The summed E-state index contributed by atoms with van der Waals surface area (Å²) < 4.78 is 10.6. The molecule has 1 aliphatic rings. The molecule has 0 aliphatic carbocycles. The van der Waals surface area contributed by atoms with Gasteiger partial charge in [-0.3, -0.25) is 4.79 Å². The maximum Gasteiger partial charge on any atom is 0.313 e. The predicted molar refractivity (Wildman–Crippen MR) is 71.0 cm³/mol. The van der Waals surface area contributed by atoms with E-state index in [4.69, 9.17) is 14.6 Å². The summed E-state index contributed by atoms with van der Waals surface area (Å²) in [6.07, 6.45) is 0. The number of ether oxygens (including phenoxy) is 2. The molecule has 3 rings (SSSR count). The Morgan fingerprint density at radius 2 is 2.11 bits per heavy atom. The number of rotatable bonds is 3. The lowest BCUT2D eigenvalue weighted by Crippen LogP contribution is -1.99. The molecule has 98 valence electrons. The van der Waals surface area contributed by atoms with E-state index in [1.807, 2.05) is 25.1 Å². The number of thioether (sulfide) groups is 1. The number of aromatic nitrogens is 1. The zero-order valence-electron chi connectivity index (χ0n) is 10.2. The molecule has 0 spiro atoms. The molecule has 1 aliphatic heterocycles. The van der Waals surface area contributed by atoms with E-state index in [0.717, 1.165) is 27.2 Å². The zero-order chi connectivity index (χ0) is 13.4. The summed E-state index contributed by atoms with van der Waals surface area (Å²) in [4.78, 5) is 15.1. The first-order valence-electron chi connectivity index (χ1n) is 5.69. The summed E-state index contributed by atoms with van der Waals surface area (Å²) >= 11 is 1.22. The molecule has 6 heteroatoms. The quantitative estimate of drug-likeness (QED) is 0.869. The van der Waals surface area contributed by atoms with Crippen molar-refractivity contribution in [3.05, 3.63) is 23.8 Å². The maximum absolute atomic E-state index is 10.6. The van der Waals surface area contributed by atoms with Crippen molar-refractivity contribution in [2.75, 3.05) is 12.5 Å². The number of carbonyl (C=O) groups is 1. The Hall–Kier alpha value is -1.95. The Morgan fingerprint density at radius 3 is 2.84 bits per heavy atom. The molecule has 1 aromatic carbocycles. The Bertz CT molecular complexity index is 671. The van der Waals surface area contributed by atoms with Crippen molar-refractivity contribution in [2.24, 2.45) is 0 Å². The fourth-order valence-electron chi connectivity index (χ4n) is 1.93. The van der Waals surface area contributed by atoms with Gasteiger partial charge >= 0.3 is 5.97 Å². The van der Waals surface area contributed by atoms with Crippen LogP contribution in [0, 0.1) is 6.92 Å². The number of carboxylic acid groups (broad SMARTS) is 1. The molecule has 1 N–H and O–H groups in total. The van der Waals surface area contributed by atoms with E-state index in [1.54, 1.807) is 0 Å². The van der Waals surface area contributed by atoms with E-state index in [0.29, 0.717) is 5.75 Å². The van der Waals surface area contributed by atoms with E-state index in [2.05, 4.69) is 4.98 Å². The lowest BCUT2D eigenvalue weighted by molar-refractivity contribution is -0.133. The van der Waals surface area contributed by atoms with Gasteiger partial charge in [0.05, 0.1) is 11.3 Å². The van der Waals surface area contributed by atoms with Crippen molar-refractivity contribution in [3.63, 3.8) is 0 Å². The zero-order valence-corrected chi connectivity index (χ0v) is 11.0. The fourth-order valence-corrected chi connectivity index (χ4v) is 2.64. The number of aliphatic carboxylic acids is 1. The molecular formula is C13H11NO4S. The second-order valence-electron chi connectivity index (χ2n) is 4.19. The first-order chi connectivity index (χ1) is 9.13. The smallest absolute Gasteiger partial charge is 0.313 e. The van der Waals surface area contributed by atoms with Crippen LogP contribution in [-0.4, -0.2) is 28.6 Å².